The summed E-state index contributed by atoms with van der Waals surface area (Å²) in [6.45, 7) is 6.03. The fraction of sp³-hybridized carbons (Fsp3) is 0.742. The van der Waals surface area contributed by atoms with Gasteiger partial charge < -0.3 is 10.1 Å². The minimum absolute atomic E-state index is 0.499. The topological polar surface area (TPSA) is 21.3 Å². The second kappa shape index (κ2) is 9.65. The highest BCUT2D eigenvalue weighted by Gasteiger charge is 2.58. The predicted molar refractivity (Wildman–Crippen MR) is 138 cm³/mol. The molecule has 0 radical (unpaired) electrons. The third kappa shape index (κ3) is 4.25. The van der Waals surface area contributed by atoms with Crippen LogP contribution in [-0.4, -0.2) is 19.8 Å². The Morgan fingerprint density at radius 3 is 2.73 bits per heavy atom. The molecule has 0 aliphatic heterocycles. The summed E-state index contributed by atoms with van der Waals surface area (Å²) in [4.78, 5) is 0. The van der Waals surface area contributed by atoms with Crippen molar-refractivity contribution in [1.82, 2.24) is 0 Å². The van der Waals surface area contributed by atoms with Gasteiger partial charge >= 0.3 is 0 Å². The number of fused-ring (bicyclic) bond motifs is 5. The molecule has 1 aromatic carbocycles. The van der Waals surface area contributed by atoms with E-state index in [4.69, 9.17) is 11.2 Å². The molecule has 4 saturated carbocycles. The average molecular weight is 448 g/mol. The lowest BCUT2D eigenvalue weighted by atomic mass is 9.49. The Bertz CT molecular complexity index is 857. The van der Waals surface area contributed by atoms with Gasteiger partial charge in [0.2, 0.25) is 0 Å². The summed E-state index contributed by atoms with van der Waals surface area (Å²) < 4.78 is 5.52. The van der Waals surface area contributed by atoms with E-state index in [-0.39, 0.29) is 0 Å². The number of nitrogens with one attached hydrogen (secondary N) is 1. The Labute approximate surface area is 202 Å². The van der Waals surface area contributed by atoms with Crippen LogP contribution in [0.2, 0.25) is 0 Å². The summed E-state index contributed by atoms with van der Waals surface area (Å²) in [6.07, 6.45) is 19.9. The fourth-order valence-electron chi connectivity index (χ4n) is 9.44. The van der Waals surface area contributed by atoms with E-state index < -0.39 is 0 Å². The number of hydrogen-bond donors (Lipinski definition) is 1. The van der Waals surface area contributed by atoms with Crippen molar-refractivity contribution in [2.45, 2.75) is 84.1 Å². The first-order valence-corrected chi connectivity index (χ1v) is 13.9. The molecule has 2 heteroatoms. The van der Waals surface area contributed by atoms with Crippen molar-refractivity contribution in [3.05, 3.63) is 29.8 Å². The van der Waals surface area contributed by atoms with Gasteiger partial charge in [-0.15, -0.1) is 6.42 Å². The van der Waals surface area contributed by atoms with Crippen LogP contribution in [0.15, 0.2) is 24.3 Å². The Kier molecular flexibility index (Phi) is 6.81. The molecule has 0 saturated heterocycles. The zero-order valence-corrected chi connectivity index (χ0v) is 21.2. The SMILES string of the molecule is C#Cc1cccc(N[C@@H](CC)C2CC[C@H]3[C@@H]4CC[C@@H]5C[C@@H](COC)CC[C@@H]5C4CC[C@]23C)c1. The van der Waals surface area contributed by atoms with E-state index in [0.717, 1.165) is 53.6 Å². The zero-order valence-electron chi connectivity index (χ0n) is 21.2. The average Bonchev–Trinajstić information content (AvgIpc) is 3.19. The molecule has 0 aromatic heterocycles. The lowest BCUT2D eigenvalue weighted by Crippen LogP contribution is -2.50. The van der Waals surface area contributed by atoms with Gasteiger partial charge in [0.1, 0.15) is 0 Å². The number of methoxy groups -OCH3 is 1. The van der Waals surface area contributed by atoms with Gasteiger partial charge in [-0.25, -0.2) is 0 Å². The smallest absolute Gasteiger partial charge is 0.0490 e. The van der Waals surface area contributed by atoms with Crippen LogP contribution >= 0.6 is 0 Å². The van der Waals surface area contributed by atoms with Crippen molar-refractivity contribution in [1.29, 1.82) is 0 Å². The van der Waals surface area contributed by atoms with E-state index in [9.17, 15) is 0 Å². The van der Waals surface area contributed by atoms with Gasteiger partial charge in [0.25, 0.3) is 0 Å². The van der Waals surface area contributed by atoms with Crippen LogP contribution in [0.25, 0.3) is 0 Å². The van der Waals surface area contributed by atoms with E-state index in [0.29, 0.717) is 11.5 Å². The fourth-order valence-corrected chi connectivity index (χ4v) is 9.44. The first-order valence-electron chi connectivity index (χ1n) is 13.9. The Balaban J connectivity index is 1.29. The first-order chi connectivity index (χ1) is 16.1. The molecule has 0 amide bonds. The van der Waals surface area contributed by atoms with Crippen LogP contribution in [0.1, 0.15) is 83.6 Å². The molecular weight excluding hydrogens is 402 g/mol. The number of terminal acetylenes is 1. The summed E-state index contributed by atoms with van der Waals surface area (Å²) in [5.74, 6) is 9.31. The van der Waals surface area contributed by atoms with E-state index in [1.165, 1.54) is 69.9 Å². The molecule has 5 rings (SSSR count). The molecular formula is C31H45NO. The van der Waals surface area contributed by atoms with Crippen molar-refractivity contribution in [2.75, 3.05) is 19.0 Å². The van der Waals surface area contributed by atoms with Crippen molar-refractivity contribution in [3.8, 4) is 12.3 Å². The molecule has 0 spiro atoms. The first kappa shape index (κ1) is 23.3. The van der Waals surface area contributed by atoms with Gasteiger partial charge in [-0.1, -0.05) is 25.8 Å². The minimum Gasteiger partial charge on any atom is -0.384 e. The number of rotatable bonds is 6. The molecule has 1 aromatic rings. The van der Waals surface area contributed by atoms with Crippen LogP contribution in [0, 0.1) is 59.2 Å². The third-order valence-electron chi connectivity index (χ3n) is 10.8. The van der Waals surface area contributed by atoms with Crippen molar-refractivity contribution in [2.24, 2.45) is 46.8 Å². The minimum atomic E-state index is 0.499. The van der Waals surface area contributed by atoms with Gasteiger partial charge in [-0.05, 0) is 129 Å². The van der Waals surface area contributed by atoms with Crippen LogP contribution in [-0.2, 0) is 4.74 Å². The summed E-state index contributed by atoms with van der Waals surface area (Å²) in [5, 5.41) is 3.93. The molecule has 2 unspecified atom stereocenters. The zero-order chi connectivity index (χ0) is 23.0. The number of benzene rings is 1. The highest BCUT2D eigenvalue weighted by atomic mass is 16.5. The number of anilines is 1. The quantitative estimate of drug-likeness (QED) is 0.459. The van der Waals surface area contributed by atoms with Crippen molar-refractivity contribution >= 4 is 5.69 Å². The normalized spacial score (nSPS) is 40.7. The molecule has 4 fully saturated rings. The van der Waals surface area contributed by atoms with E-state index in [2.05, 4.69) is 43.3 Å². The monoisotopic (exact) mass is 447 g/mol. The molecule has 4 aliphatic rings. The van der Waals surface area contributed by atoms with Crippen LogP contribution < -0.4 is 5.32 Å². The molecule has 4 aliphatic carbocycles. The van der Waals surface area contributed by atoms with Gasteiger partial charge in [0.05, 0.1) is 0 Å². The van der Waals surface area contributed by atoms with Crippen molar-refractivity contribution < 1.29 is 4.74 Å². The second-order valence-electron chi connectivity index (χ2n) is 12.2. The van der Waals surface area contributed by atoms with Crippen molar-refractivity contribution in [3.63, 3.8) is 0 Å². The largest absolute Gasteiger partial charge is 0.384 e. The lowest BCUT2D eigenvalue weighted by Gasteiger charge is -2.57. The van der Waals surface area contributed by atoms with Crippen LogP contribution in [0.5, 0.6) is 0 Å². The van der Waals surface area contributed by atoms with E-state index in [1.54, 1.807) is 0 Å². The number of hydrogen-bond acceptors (Lipinski definition) is 2. The van der Waals surface area contributed by atoms with Gasteiger partial charge in [0, 0.05) is 31.0 Å². The Morgan fingerprint density at radius 2 is 1.94 bits per heavy atom. The summed E-state index contributed by atoms with van der Waals surface area (Å²) in [6, 6.07) is 9.00. The Hall–Kier alpha value is -1.46. The third-order valence-corrected chi connectivity index (χ3v) is 10.8. The second-order valence-corrected chi connectivity index (χ2v) is 12.2. The predicted octanol–water partition coefficient (Wildman–Crippen LogP) is 7.39. The van der Waals surface area contributed by atoms with Gasteiger partial charge in [0.15, 0.2) is 0 Å². The summed E-state index contributed by atoms with van der Waals surface area (Å²) in [7, 11) is 1.88. The summed E-state index contributed by atoms with van der Waals surface area (Å²) in [5.41, 5.74) is 2.67. The maximum atomic E-state index is 5.66. The molecule has 180 valence electrons. The van der Waals surface area contributed by atoms with Crippen LogP contribution in [0.4, 0.5) is 5.69 Å². The molecule has 33 heavy (non-hydrogen) atoms. The molecule has 9 atom stereocenters. The van der Waals surface area contributed by atoms with Gasteiger partial charge in [-0.2, -0.15) is 0 Å². The molecule has 2 nitrogen and oxygen atoms in total. The van der Waals surface area contributed by atoms with E-state index in [1.807, 2.05) is 13.2 Å². The maximum absolute atomic E-state index is 5.66. The maximum Gasteiger partial charge on any atom is 0.0490 e. The highest BCUT2D eigenvalue weighted by molar-refractivity contribution is 5.50. The molecule has 1 N–H and O–H groups in total. The number of ether oxygens (including phenoxy) is 1. The molecule has 0 bridgehead atoms. The molecule has 0 heterocycles. The highest BCUT2D eigenvalue weighted by Crippen LogP contribution is 2.65. The van der Waals surface area contributed by atoms with E-state index >= 15 is 0 Å². The lowest BCUT2D eigenvalue weighted by molar-refractivity contribution is -0.0734. The standard InChI is InChI=1S/C31H45NO/c1-5-21-8-7-9-24(19-21)32-30(6-2)29-15-14-28-27-13-11-23-18-22(20-33-4)10-12-25(23)26(27)16-17-31(28,29)3/h1,7-9,19,22-23,25-30,32H,6,10-18,20H2,2-4H3/t22-,23+,25-,26?,27+,28-,29?,30-,31-/m0/s1. The summed E-state index contributed by atoms with van der Waals surface area (Å²) >= 11 is 0. The Morgan fingerprint density at radius 1 is 1.09 bits per heavy atom. The van der Waals surface area contributed by atoms with Crippen LogP contribution in [0.3, 0.4) is 0 Å². The van der Waals surface area contributed by atoms with Gasteiger partial charge in [-0.3, -0.25) is 0 Å².